The van der Waals surface area contributed by atoms with Crippen LogP contribution in [0.4, 0.5) is 0 Å². The normalized spacial score (nSPS) is 10.6. The van der Waals surface area contributed by atoms with Gasteiger partial charge in [-0.2, -0.15) is 0 Å². The maximum atomic E-state index is 11.1. The van der Waals surface area contributed by atoms with Gasteiger partial charge in [0.2, 0.25) is 0 Å². The van der Waals surface area contributed by atoms with Crippen molar-refractivity contribution in [3.05, 3.63) is 42.2 Å². The topological polar surface area (TPSA) is 117 Å². The molecule has 0 spiro atoms. The maximum Gasteiger partial charge on any atom is 1.00 e. The number of hydrogen-bond donors (Lipinski definition) is 0. The summed E-state index contributed by atoms with van der Waals surface area (Å²) in [6, 6.07) is 8.55. The molecule has 0 unspecified atom stereocenters. The fourth-order valence-corrected chi connectivity index (χ4v) is 3.94. The Morgan fingerprint density at radius 2 is 1.71 bits per heavy atom. The Labute approximate surface area is 228 Å². The van der Waals surface area contributed by atoms with E-state index in [2.05, 4.69) is 9.68 Å². The smallest absolute Gasteiger partial charge is 0.780 e. The Morgan fingerprint density at radius 3 is 2.29 bits per heavy atom. The summed E-state index contributed by atoms with van der Waals surface area (Å²) in [7, 11) is -2.10. The summed E-state index contributed by atoms with van der Waals surface area (Å²) in [6.45, 7) is 1.88. The minimum absolute atomic E-state index is 0. The van der Waals surface area contributed by atoms with Gasteiger partial charge in [0.15, 0.2) is 11.5 Å². The number of hydrogen-bond acceptors (Lipinski definition) is 9. The SMILES string of the molecule is COc1cc(-c2nocc2-c2ccc(SC)c(OP(=O)([O-])[O-])c2)cc(C)c1OC.[Na+].[Na+]. The van der Waals surface area contributed by atoms with Crippen LogP contribution >= 0.6 is 19.6 Å². The van der Waals surface area contributed by atoms with Crippen molar-refractivity contribution in [2.45, 2.75) is 11.8 Å². The third kappa shape index (κ3) is 6.77. The minimum atomic E-state index is -5.20. The number of methoxy groups -OCH3 is 2. The molecule has 8 nitrogen and oxygen atoms in total. The molecule has 0 aliphatic carbocycles. The first-order valence-electron chi connectivity index (χ1n) is 8.34. The van der Waals surface area contributed by atoms with Crippen molar-refractivity contribution in [1.29, 1.82) is 0 Å². The van der Waals surface area contributed by atoms with E-state index in [9.17, 15) is 14.4 Å². The Bertz CT molecular complexity index is 1090. The third-order valence-corrected chi connectivity index (χ3v) is 5.39. The van der Waals surface area contributed by atoms with E-state index in [4.69, 9.17) is 14.0 Å². The van der Waals surface area contributed by atoms with E-state index >= 15 is 0 Å². The predicted octanol–water partition coefficient (Wildman–Crippen LogP) is -2.73. The quantitative estimate of drug-likeness (QED) is 0.202. The van der Waals surface area contributed by atoms with Gasteiger partial charge >= 0.3 is 59.1 Å². The van der Waals surface area contributed by atoms with Gasteiger partial charge in [-0.3, -0.25) is 0 Å². The second-order valence-electron chi connectivity index (χ2n) is 6.01. The van der Waals surface area contributed by atoms with Gasteiger partial charge in [0.1, 0.15) is 25.5 Å². The van der Waals surface area contributed by atoms with E-state index in [0.717, 1.165) is 11.1 Å². The number of thioether (sulfide) groups is 1. The van der Waals surface area contributed by atoms with Crippen LogP contribution in [0.5, 0.6) is 17.2 Å². The number of ether oxygens (including phenoxy) is 2. The summed E-state index contributed by atoms with van der Waals surface area (Å²) in [4.78, 5) is 22.7. The molecule has 0 aliphatic rings. The van der Waals surface area contributed by atoms with Crippen molar-refractivity contribution in [3.63, 3.8) is 0 Å². The largest absolute Gasteiger partial charge is 1.00 e. The average Bonchev–Trinajstić information content (AvgIpc) is 3.15. The van der Waals surface area contributed by atoms with Crippen LogP contribution in [0.25, 0.3) is 22.4 Å². The van der Waals surface area contributed by atoms with Crippen molar-refractivity contribution in [3.8, 4) is 39.6 Å². The molecule has 0 bridgehead atoms. The van der Waals surface area contributed by atoms with Crippen LogP contribution in [0.3, 0.4) is 0 Å². The first-order chi connectivity index (χ1) is 13.8. The van der Waals surface area contributed by atoms with Crippen LogP contribution in [0.2, 0.25) is 0 Å². The van der Waals surface area contributed by atoms with Crippen LogP contribution in [0.1, 0.15) is 5.56 Å². The molecule has 3 rings (SSSR count). The number of phosphoric acid groups is 1. The van der Waals surface area contributed by atoms with Crippen LogP contribution in [0, 0.1) is 6.92 Å². The van der Waals surface area contributed by atoms with Crippen molar-refractivity contribution < 1.29 is 92.0 Å². The third-order valence-electron chi connectivity index (χ3n) is 4.19. The van der Waals surface area contributed by atoms with Crippen LogP contribution in [0.15, 0.2) is 46.0 Å². The van der Waals surface area contributed by atoms with E-state index in [1.807, 2.05) is 13.0 Å². The molecule has 0 saturated heterocycles. The molecule has 154 valence electrons. The fourth-order valence-electron chi connectivity index (χ4n) is 2.98. The van der Waals surface area contributed by atoms with Gasteiger partial charge in [-0.25, -0.2) is 0 Å². The number of nitrogens with zero attached hydrogens (tertiary/aromatic N) is 1. The molecule has 12 heteroatoms. The molecular weight excluding hydrogens is 463 g/mol. The fraction of sp³-hybridized carbons (Fsp3) is 0.211. The number of benzene rings is 2. The molecule has 0 radical (unpaired) electrons. The van der Waals surface area contributed by atoms with E-state index in [0.29, 0.717) is 33.2 Å². The summed E-state index contributed by atoms with van der Waals surface area (Å²) in [5, 5.41) is 4.09. The summed E-state index contributed by atoms with van der Waals surface area (Å²) >= 11 is 1.26. The van der Waals surface area contributed by atoms with Crippen LogP contribution in [-0.4, -0.2) is 25.6 Å². The molecule has 1 aromatic heterocycles. The van der Waals surface area contributed by atoms with Gasteiger partial charge < -0.3 is 32.9 Å². The Kier molecular flexibility index (Phi) is 11.2. The Balaban J connectivity index is 0.00000240. The molecule has 2 aromatic carbocycles. The Hall–Kier alpha value is -0.450. The second-order valence-corrected chi connectivity index (χ2v) is 7.93. The molecular formula is C19H18NNa2O7PS. The molecule has 0 aliphatic heterocycles. The first kappa shape index (κ1) is 28.6. The van der Waals surface area contributed by atoms with Gasteiger partial charge in [-0.05, 0) is 48.6 Å². The van der Waals surface area contributed by atoms with E-state index < -0.39 is 7.82 Å². The summed E-state index contributed by atoms with van der Waals surface area (Å²) in [5.74, 6) is 1.11. The number of rotatable bonds is 7. The molecule has 0 fully saturated rings. The van der Waals surface area contributed by atoms with Crippen molar-refractivity contribution in [2.24, 2.45) is 0 Å². The molecule has 31 heavy (non-hydrogen) atoms. The maximum absolute atomic E-state index is 11.1. The Morgan fingerprint density at radius 1 is 1.03 bits per heavy atom. The van der Waals surface area contributed by atoms with Gasteiger partial charge in [0.25, 0.3) is 0 Å². The van der Waals surface area contributed by atoms with Crippen LogP contribution < -0.4 is 82.9 Å². The molecule has 0 amide bonds. The van der Waals surface area contributed by atoms with Gasteiger partial charge in [0, 0.05) is 16.0 Å². The number of aromatic nitrogens is 1. The first-order valence-corrected chi connectivity index (χ1v) is 11.0. The molecule has 0 atom stereocenters. The second kappa shape index (κ2) is 12.1. The van der Waals surface area contributed by atoms with E-state index in [-0.39, 0.29) is 64.9 Å². The molecule has 0 N–H and O–H groups in total. The zero-order chi connectivity index (χ0) is 21.2. The zero-order valence-corrected chi connectivity index (χ0v) is 23.8. The van der Waals surface area contributed by atoms with Crippen LogP contribution in [-0.2, 0) is 4.57 Å². The molecule has 1 heterocycles. The van der Waals surface area contributed by atoms with Gasteiger partial charge in [-0.15, -0.1) is 11.8 Å². The zero-order valence-electron chi connectivity index (χ0n) is 18.1. The van der Waals surface area contributed by atoms with Crippen molar-refractivity contribution in [2.75, 3.05) is 20.5 Å². The van der Waals surface area contributed by atoms with Gasteiger partial charge in [0.05, 0.1) is 14.2 Å². The number of aryl methyl sites for hydroxylation is 1. The average molecular weight is 481 g/mol. The van der Waals surface area contributed by atoms with Gasteiger partial charge in [-0.1, -0.05) is 11.2 Å². The summed E-state index contributed by atoms with van der Waals surface area (Å²) in [6.07, 6.45) is 3.19. The van der Waals surface area contributed by atoms with Crippen molar-refractivity contribution in [1.82, 2.24) is 5.16 Å². The van der Waals surface area contributed by atoms with Crippen molar-refractivity contribution >= 4 is 19.6 Å². The van der Waals surface area contributed by atoms with E-state index in [1.54, 1.807) is 38.7 Å². The summed E-state index contributed by atoms with van der Waals surface area (Å²) < 4.78 is 31.7. The molecule has 0 saturated carbocycles. The minimum Gasteiger partial charge on any atom is -0.780 e. The summed E-state index contributed by atoms with van der Waals surface area (Å²) in [5.41, 5.74) is 3.26. The van der Waals surface area contributed by atoms with E-state index in [1.165, 1.54) is 24.1 Å². The number of phosphoric ester groups is 1. The predicted molar refractivity (Wildman–Crippen MR) is 105 cm³/mol. The standard InChI is InChI=1S/C19H20NO7PS.2Na/c1-11-7-13(9-16(24-2)19(11)25-3)18-14(10-26-20-18)12-5-6-17(29-4)15(8-12)27-28(21,22)23;;/h5-10H,1-4H3,(H2,21,22,23);;/q;2*+1/p-2. The molecule has 3 aromatic rings. The monoisotopic (exact) mass is 481 g/mol.